The molecule has 1 aliphatic rings. The van der Waals surface area contributed by atoms with Crippen LogP contribution in [0, 0.1) is 5.82 Å². The van der Waals surface area contributed by atoms with Gasteiger partial charge in [0.2, 0.25) is 15.9 Å². The van der Waals surface area contributed by atoms with Crippen LogP contribution in [-0.4, -0.2) is 50.2 Å². The number of amides is 1. The number of carbonyl (C=O) groups excluding carboxylic acids is 1. The summed E-state index contributed by atoms with van der Waals surface area (Å²) in [7, 11) is -2.19. The second-order valence-corrected chi connectivity index (χ2v) is 9.49. The van der Waals surface area contributed by atoms with E-state index in [0.717, 1.165) is 38.1 Å². The van der Waals surface area contributed by atoms with Gasteiger partial charge in [-0.25, -0.2) is 17.1 Å². The molecule has 0 unspecified atom stereocenters. The van der Waals surface area contributed by atoms with Crippen LogP contribution in [0.1, 0.15) is 37.2 Å². The first-order valence-corrected chi connectivity index (χ1v) is 11.4. The average Bonchev–Trinajstić information content (AvgIpc) is 2.74. The van der Waals surface area contributed by atoms with E-state index in [2.05, 4.69) is 12.1 Å². The smallest absolute Gasteiger partial charge is 0.242 e. The van der Waals surface area contributed by atoms with Gasteiger partial charge in [-0.2, -0.15) is 0 Å². The van der Waals surface area contributed by atoms with E-state index in [0.29, 0.717) is 18.8 Å². The zero-order valence-electron chi connectivity index (χ0n) is 16.6. The Hall–Kier alpha value is -2.25. The van der Waals surface area contributed by atoms with Crippen LogP contribution in [0.3, 0.4) is 0 Å². The number of halogens is 1. The summed E-state index contributed by atoms with van der Waals surface area (Å²) in [4.78, 5) is 14.4. The molecule has 3 rings (SSSR count). The molecule has 1 amide bonds. The third-order valence-corrected chi connectivity index (χ3v) is 7.38. The zero-order valence-corrected chi connectivity index (χ0v) is 17.4. The minimum Gasteiger partial charge on any atom is -0.343 e. The fourth-order valence-corrected chi connectivity index (χ4v) is 4.91. The van der Waals surface area contributed by atoms with Crippen molar-refractivity contribution in [3.05, 3.63) is 66.0 Å². The minimum absolute atomic E-state index is 0.0516. The Morgan fingerprint density at radius 1 is 1.07 bits per heavy atom. The fourth-order valence-electron chi connectivity index (χ4n) is 3.71. The Labute approximate surface area is 172 Å². The Kier molecular flexibility index (Phi) is 7.03. The second-order valence-electron chi connectivity index (χ2n) is 7.45. The lowest BCUT2D eigenvalue weighted by atomic mass is 9.89. The summed E-state index contributed by atoms with van der Waals surface area (Å²) >= 11 is 0. The molecule has 1 heterocycles. The first kappa shape index (κ1) is 21.5. The molecule has 0 atom stereocenters. The Bertz CT molecular complexity index is 909. The number of rotatable bonds is 7. The highest BCUT2D eigenvalue weighted by Gasteiger charge is 2.24. The summed E-state index contributed by atoms with van der Waals surface area (Å²) in [5, 5.41) is 0. The molecule has 156 valence electrons. The number of carbonyl (C=O) groups is 1. The van der Waals surface area contributed by atoms with Crippen molar-refractivity contribution in [3.8, 4) is 0 Å². The van der Waals surface area contributed by atoms with E-state index in [4.69, 9.17) is 0 Å². The summed E-state index contributed by atoms with van der Waals surface area (Å²) in [6.45, 7) is 1.72. The summed E-state index contributed by atoms with van der Waals surface area (Å²) in [5.74, 6) is 0.0876. The van der Waals surface area contributed by atoms with E-state index >= 15 is 0 Å². The van der Waals surface area contributed by atoms with Crippen LogP contribution in [0.4, 0.5) is 4.39 Å². The molecule has 1 aliphatic heterocycles. The summed E-state index contributed by atoms with van der Waals surface area (Å²) < 4.78 is 39.2. The molecule has 1 saturated heterocycles. The van der Waals surface area contributed by atoms with E-state index in [-0.39, 0.29) is 17.3 Å². The van der Waals surface area contributed by atoms with Gasteiger partial charge in [0.25, 0.3) is 0 Å². The molecule has 0 saturated carbocycles. The largest absolute Gasteiger partial charge is 0.343 e. The second kappa shape index (κ2) is 9.50. The van der Waals surface area contributed by atoms with Crippen LogP contribution in [0.2, 0.25) is 0 Å². The van der Waals surface area contributed by atoms with Crippen LogP contribution in [0.25, 0.3) is 0 Å². The van der Waals surface area contributed by atoms with Gasteiger partial charge in [-0.1, -0.05) is 30.3 Å². The molecule has 7 heteroatoms. The molecule has 5 nitrogen and oxygen atoms in total. The van der Waals surface area contributed by atoms with E-state index in [9.17, 15) is 17.6 Å². The van der Waals surface area contributed by atoms with Crippen molar-refractivity contribution < 1.29 is 17.6 Å². The lowest BCUT2D eigenvalue weighted by Crippen LogP contribution is -2.38. The van der Waals surface area contributed by atoms with Crippen molar-refractivity contribution in [3.63, 3.8) is 0 Å². The number of sulfonamides is 1. The summed E-state index contributed by atoms with van der Waals surface area (Å²) in [5.41, 5.74) is 1.33. The number of hydrogen-bond acceptors (Lipinski definition) is 3. The molecule has 0 bridgehead atoms. The van der Waals surface area contributed by atoms with E-state index < -0.39 is 15.8 Å². The summed E-state index contributed by atoms with van der Waals surface area (Å²) in [6, 6.07) is 15.1. The van der Waals surface area contributed by atoms with Gasteiger partial charge in [0.1, 0.15) is 5.82 Å². The van der Waals surface area contributed by atoms with Crippen LogP contribution >= 0.6 is 0 Å². The van der Waals surface area contributed by atoms with Gasteiger partial charge in [-0.05, 0) is 55.0 Å². The van der Waals surface area contributed by atoms with Crippen LogP contribution in [0.15, 0.2) is 59.5 Å². The Balaban J connectivity index is 1.44. The van der Waals surface area contributed by atoms with E-state index in [1.54, 1.807) is 0 Å². The molecule has 2 aromatic carbocycles. The van der Waals surface area contributed by atoms with Gasteiger partial charge in [0, 0.05) is 33.1 Å². The first-order chi connectivity index (χ1) is 13.9. The molecular formula is C22H27FN2O3S. The maximum Gasteiger partial charge on any atom is 0.242 e. The van der Waals surface area contributed by atoms with Gasteiger partial charge >= 0.3 is 0 Å². The molecular weight excluding hydrogens is 391 g/mol. The van der Waals surface area contributed by atoms with Crippen LogP contribution < -0.4 is 0 Å². The molecule has 0 radical (unpaired) electrons. The number of piperidine rings is 1. The number of likely N-dealkylation sites (tertiary alicyclic amines) is 1. The first-order valence-electron chi connectivity index (χ1n) is 9.92. The fraction of sp³-hybridized carbons (Fsp3) is 0.409. The van der Waals surface area contributed by atoms with Crippen LogP contribution in [-0.2, 0) is 14.8 Å². The lowest BCUT2D eigenvalue weighted by molar-refractivity contribution is -0.132. The minimum atomic E-state index is -3.67. The number of benzene rings is 2. The predicted molar refractivity (Wildman–Crippen MR) is 110 cm³/mol. The average molecular weight is 419 g/mol. The Morgan fingerprint density at radius 2 is 1.69 bits per heavy atom. The highest BCUT2D eigenvalue weighted by molar-refractivity contribution is 7.89. The number of nitrogens with zero attached hydrogens (tertiary/aromatic N) is 2. The molecule has 0 aromatic heterocycles. The van der Waals surface area contributed by atoms with Crippen molar-refractivity contribution in [1.82, 2.24) is 9.21 Å². The van der Waals surface area contributed by atoms with Gasteiger partial charge in [-0.3, -0.25) is 4.79 Å². The van der Waals surface area contributed by atoms with E-state index in [1.165, 1.54) is 29.0 Å². The standard InChI is InChI=1S/C22H27FN2O3S/c1-24(29(27,28)21-11-9-20(23)10-12-21)15-5-8-22(26)25-16-13-19(14-17-25)18-6-3-2-4-7-18/h2-4,6-7,9-12,19H,5,8,13-17H2,1H3. The molecule has 0 N–H and O–H groups in total. The van der Waals surface area contributed by atoms with Gasteiger partial charge < -0.3 is 4.90 Å². The van der Waals surface area contributed by atoms with Gasteiger partial charge in [0.15, 0.2) is 0 Å². The van der Waals surface area contributed by atoms with Crippen molar-refractivity contribution >= 4 is 15.9 Å². The molecule has 1 fully saturated rings. The lowest BCUT2D eigenvalue weighted by Gasteiger charge is -2.32. The monoisotopic (exact) mass is 418 g/mol. The predicted octanol–water partition coefficient (Wildman–Crippen LogP) is 3.63. The summed E-state index contributed by atoms with van der Waals surface area (Å²) in [6.07, 6.45) is 2.68. The van der Waals surface area contributed by atoms with Crippen molar-refractivity contribution in [2.24, 2.45) is 0 Å². The quantitative estimate of drug-likeness (QED) is 0.690. The third kappa shape index (κ3) is 5.42. The highest BCUT2D eigenvalue weighted by Crippen LogP contribution is 2.28. The SMILES string of the molecule is CN(CCCC(=O)N1CCC(c2ccccc2)CC1)S(=O)(=O)c1ccc(F)cc1. The van der Waals surface area contributed by atoms with Gasteiger partial charge in [-0.15, -0.1) is 0 Å². The Morgan fingerprint density at radius 3 is 2.31 bits per heavy atom. The van der Waals surface area contributed by atoms with Crippen molar-refractivity contribution in [1.29, 1.82) is 0 Å². The maximum absolute atomic E-state index is 13.0. The molecule has 0 aliphatic carbocycles. The normalized spacial score (nSPS) is 15.6. The van der Waals surface area contributed by atoms with Gasteiger partial charge in [0.05, 0.1) is 4.90 Å². The van der Waals surface area contributed by atoms with Crippen LogP contribution in [0.5, 0.6) is 0 Å². The molecule has 0 spiro atoms. The topological polar surface area (TPSA) is 57.7 Å². The number of hydrogen-bond donors (Lipinski definition) is 0. The highest BCUT2D eigenvalue weighted by atomic mass is 32.2. The molecule has 29 heavy (non-hydrogen) atoms. The van der Waals surface area contributed by atoms with Crippen molar-refractivity contribution in [2.75, 3.05) is 26.7 Å². The van der Waals surface area contributed by atoms with E-state index in [1.807, 2.05) is 23.1 Å². The molecule has 2 aromatic rings. The maximum atomic E-state index is 13.0. The third-order valence-electron chi connectivity index (χ3n) is 5.50. The van der Waals surface area contributed by atoms with Crippen molar-refractivity contribution in [2.45, 2.75) is 36.5 Å². The zero-order chi connectivity index (χ0) is 20.9.